The van der Waals surface area contributed by atoms with Crippen LogP contribution in [0.2, 0.25) is 0 Å². The van der Waals surface area contributed by atoms with Crippen LogP contribution in [0.3, 0.4) is 0 Å². The van der Waals surface area contributed by atoms with E-state index in [2.05, 4.69) is 9.98 Å². The van der Waals surface area contributed by atoms with Crippen LogP contribution in [0.5, 0.6) is 17.2 Å². The Labute approximate surface area is 152 Å². The van der Waals surface area contributed by atoms with Crippen LogP contribution < -0.4 is 4.74 Å². The normalized spacial score (nSPS) is 16.8. The summed E-state index contributed by atoms with van der Waals surface area (Å²) in [5, 5.41) is 11.5. The van der Waals surface area contributed by atoms with Gasteiger partial charge in [-0.1, -0.05) is 12.1 Å². The number of Topliss-reactive ketones (excluding diaryl/α,β-unsaturated/α-hetero) is 1. The fourth-order valence-corrected chi connectivity index (χ4v) is 4.61. The number of aromatic hydroxyl groups is 1. The molecule has 1 aliphatic rings. The molecular formula is C18H14N2O3S2. The first-order chi connectivity index (χ1) is 12.1. The fourth-order valence-electron chi connectivity index (χ4n) is 2.43. The van der Waals surface area contributed by atoms with Crippen LogP contribution in [-0.2, 0) is 4.79 Å². The van der Waals surface area contributed by atoms with Crippen molar-refractivity contribution in [3.05, 3.63) is 47.5 Å². The van der Waals surface area contributed by atoms with Crippen molar-refractivity contribution in [3.63, 3.8) is 0 Å². The fraction of sp³-hybridized carbons (Fsp3) is 0.167. The minimum atomic E-state index is -0.257. The second-order valence-corrected chi connectivity index (χ2v) is 7.63. The van der Waals surface area contributed by atoms with Gasteiger partial charge >= 0.3 is 0 Å². The number of benzene rings is 2. The van der Waals surface area contributed by atoms with Gasteiger partial charge in [0, 0.05) is 11.8 Å². The van der Waals surface area contributed by atoms with Gasteiger partial charge < -0.3 is 9.84 Å². The Morgan fingerprint density at radius 2 is 2.12 bits per heavy atom. The summed E-state index contributed by atoms with van der Waals surface area (Å²) in [6.45, 7) is 1.57. The topological polar surface area (TPSA) is 71.8 Å². The average Bonchev–Trinajstić information content (AvgIpc) is 3.23. The molecule has 2 aromatic carbocycles. The van der Waals surface area contributed by atoms with Crippen LogP contribution in [0.4, 0.5) is 0 Å². The number of ketones is 1. The largest absolute Gasteiger partial charge is 0.504 e. The van der Waals surface area contributed by atoms with Crippen molar-refractivity contribution in [2.75, 3.05) is 5.75 Å². The SMILES string of the molecule is CC(=O)C1CSC(c2nc3ccc(Oc4ccccc4O)cc3s2)=N1. The number of hydrogen-bond donors (Lipinski definition) is 1. The zero-order valence-electron chi connectivity index (χ0n) is 13.3. The standard InChI is InChI=1S/C18H14N2O3S2/c1-10(21)13-9-24-17(20-13)18-19-12-7-6-11(8-16(12)25-18)23-15-5-3-2-4-14(15)22/h2-8,13,22H,9H2,1H3. The number of carbonyl (C=O) groups excluding carboxylic acids is 1. The highest BCUT2D eigenvalue weighted by Gasteiger charge is 2.24. The zero-order chi connectivity index (χ0) is 17.4. The van der Waals surface area contributed by atoms with Gasteiger partial charge in [-0.15, -0.1) is 23.1 Å². The Bertz CT molecular complexity index is 997. The molecule has 5 nitrogen and oxygen atoms in total. The van der Waals surface area contributed by atoms with E-state index in [4.69, 9.17) is 4.74 Å². The number of fused-ring (bicyclic) bond motifs is 1. The van der Waals surface area contributed by atoms with E-state index in [1.54, 1.807) is 43.0 Å². The maximum absolute atomic E-state index is 11.5. The third-order valence-electron chi connectivity index (χ3n) is 3.76. The Morgan fingerprint density at radius 1 is 1.28 bits per heavy atom. The molecule has 7 heteroatoms. The predicted molar refractivity (Wildman–Crippen MR) is 101 cm³/mol. The number of aromatic nitrogens is 1. The van der Waals surface area contributed by atoms with Gasteiger partial charge in [0.25, 0.3) is 0 Å². The lowest BCUT2D eigenvalue weighted by Gasteiger charge is -2.06. The van der Waals surface area contributed by atoms with Gasteiger partial charge in [0.05, 0.1) is 10.2 Å². The number of phenolic OH excluding ortho intramolecular Hbond substituents is 1. The quantitative estimate of drug-likeness (QED) is 0.743. The van der Waals surface area contributed by atoms with Gasteiger partial charge in [-0.3, -0.25) is 9.79 Å². The van der Waals surface area contributed by atoms with Crippen LogP contribution >= 0.6 is 23.1 Å². The van der Waals surface area contributed by atoms with Crippen molar-refractivity contribution in [2.45, 2.75) is 13.0 Å². The lowest BCUT2D eigenvalue weighted by molar-refractivity contribution is -0.117. The number of para-hydroxylation sites is 2. The maximum atomic E-state index is 11.5. The van der Waals surface area contributed by atoms with Crippen molar-refractivity contribution >= 4 is 44.1 Å². The summed E-state index contributed by atoms with van der Waals surface area (Å²) in [5.74, 6) is 1.90. The number of thiazole rings is 1. The molecule has 0 aliphatic carbocycles. The summed E-state index contributed by atoms with van der Waals surface area (Å²) in [5.41, 5.74) is 0.860. The summed E-state index contributed by atoms with van der Waals surface area (Å²) in [6.07, 6.45) is 0. The molecule has 0 fully saturated rings. The molecule has 25 heavy (non-hydrogen) atoms. The molecule has 4 rings (SSSR count). The van der Waals surface area contributed by atoms with E-state index in [0.29, 0.717) is 17.3 Å². The minimum absolute atomic E-state index is 0.0852. The molecule has 1 unspecified atom stereocenters. The van der Waals surface area contributed by atoms with E-state index < -0.39 is 0 Å². The maximum Gasteiger partial charge on any atom is 0.169 e. The molecule has 1 aromatic heterocycles. The highest BCUT2D eigenvalue weighted by Crippen LogP contribution is 2.34. The Hall–Kier alpha value is -2.38. The second-order valence-electron chi connectivity index (χ2n) is 5.59. The number of nitrogens with zero attached hydrogens (tertiary/aromatic N) is 2. The molecule has 0 saturated carbocycles. The van der Waals surface area contributed by atoms with Crippen molar-refractivity contribution in [3.8, 4) is 17.2 Å². The molecule has 0 saturated heterocycles. The highest BCUT2D eigenvalue weighted by atomic mass is 32.2. The number of hydrogen-bond acceptors (Lipinski definition) is 7. The molecule has 0 bridgehead atoms. The van der Waals surface area contributed by atoms with Gasteiger partial charge in [-0.25, -0.2) is 4.98 Å². The molecule has 1 aliphatic heterocycles. The number of thioether (sulfide) groups is 1. The summed E-state index contributed by atoms with van der Waals surface area (Å²) in [4.78, 5) is 20.5. The smallest absolute Gasteiger partial charge is 0.169 e. The first kappa shape index (κ1) is 16.1. The van der Waals surface area contributed by atoms with Crippen LogP contribution in [-0.4, -0.2) is 32.7 Å². The second kappa shape index (κ2) is 6.50. The lowest BCUT2D eigenvalue weighted by atomic mass is 10.2. The first-order valence-electron chi connectivity index (χ1n) is 7.68. The lowest BCUT2D eigenvalue weighted by Crippen LogP contribution is -2.14. The Morgan fingerprint density at radius 3 is 2.88 bits per heavy atom. The molecule has 3 aromatic rings. The summed E-state index contributed by atoms with van der Waals surface area (Å²) in [6, 6.07) is 12.2. The molecule has 2 heterocycles. The van der Waals surface area contributed by atoms with Crippen LogP contribution in [0, 0.1) is 0 Å². The molecule has 126 valence electrons. The van der Waals surface area contributed by atoms with Gasteiger partial charge in [0.2, 0.25) is 0 Å². The highest BCUT2D eigenvalue weighted by molar-refractivity contribution is 8.15. The van der Waals surface area contributed by atoms with Gasteiger partial charge in [0.15, 0.2) is 17.3 Å². The third kappa shape index (κ3) is 3.25. The molecule has 0 radical (unpaired) electrons. The number of carbonyl (C=O) groups is 1. The molecule has 1 N–H and O–H groups in total. The Balaban J connectivity index is 1.63. The molecule has 0 amide bonds. The summed E-state index contributed by atoms with van der Waals surface area (Å²) in [7, 11) is 0. The molecule has 1 atom stereocenters. The first-order valence-corrected chi connectivity index (χ1v) is 9.48. The average molecular weight is 370 g/mol. The molecule has 0 spiro atoms. The number of rotatable bonds is 4. The van der Waals surface area contributed by atoms with E-state index >= 15 is 0 Å². The van der Waals surface area contributed by atoms with Gasteiger partial charge in [0.1, 0.15) is 21.8 Å². The van der Waals surface area contributed by atoms with Crippen LogP contribution in [0.15, 0.2) is 47.5 Å². The summed E-state index contributed by atoms with van der Waals surface area (Å²) >= 11 is 3.09. The van der Waals surface area contributed by atoms with Crippen molar-refractivity contribution in [1.29, 1.82) is 0 Å². The van der Waals surface area contributed by atoms with E-state index in [9.17, 15) is 9.90 Å². The van der Waals surface area contributed by atoms with Gasteiger partial charge in [-0.05, 0) is 31.2 Å². The van der Waals surface area contributed by atoms with Crippen molar-refractivity contribution < 1.29 is 14.6 Å². The minimum Gasteiger partial charge on any atom is -0.504 e. The van der Waals surface area contributed by atoms with Crippen molar-refractivity contribution in [2.24, 2.45) is 4.99 Å². The van der Waals surface area contributed by atoms with E-state index in [-0.39, 0.29) is 17.6 Å². The van der Waals surface area contributed by atoms with Crippen LogP contribution in [0.25, 0.3) is 10.2 Å². The van der Waals surface area contributed by atoms with Crippen LogP contribution in [0.1, 0.15) is 11.9 Å². The van der Waals surface area contributed by atoms with Gasteiger partial charge in [-0.2, -0.15) is 0 Å². The number of aliphatic imine (C=N–C) groups is 1. The third-order valence-corrected chi connectivity index (χ3v) is 5.96. The van der Waals surface area contributed by atoms with E-state index in [1.807, 2.05) is 18.2 Å². The summed E-state index contributed by atoms with van der Waals surface area (Å²) < 4.78 is 6.72. The Kier molecular flexibility index (Phi) is 4.19. The molecular weight excluding hydrogens is 356 g/mol. The monoisotopic (exact) mass is 370 g/mol. The number of ether oxygens (including phenoxy) is 1. The van der Waals surface area contributed by atoms with Crippen molar-refractivity contribution in [1.82, 2.24) is 4.98 Å². The predicted octanol–water partition coefficient (Wildman–Crippen LogP) is 4.25. The van der Waals surface area contributed by atoms with E-state index in [0.717, 1.165) is 20.3 Å². The van der Waals surface area contributed by atoms with E-state index in [1.165, 1.54) is 11.3 Å². The zero-order valence-corrected chi connectivity index (χ0v) is 14.9. The number of phenols is 1.